The first-order chi connectivity index (χ1) is 13.1. The van der Waals surface area contributed by atoms with Crippen molar-refractivity contribution >= 4 is 28.4 Å². The van der Waals surface area contributed by atoms with E-state index in [1.165, 1.54) is 5.56 Å². The van der Waals surface area contributed by atoms with Gasteiger partial charge in [-0.15, -0.1) is 0 Å². The monoisotopic (exact) mass is 384 g/mol. The van der Waals surface area contributed by atoms with Crippen LogP contribution < -0.4 is 9.47 Å². The van der Waals surface area contributed by atoms with Crippen molar-refractivity contribution in [1.82, 2.24) is 9.47 Å². The summed E-state index contributed by atoms with van der Waals surface area (Å²) in [5.74, 6) is 1.51. The van der Waals surface area contributed by atoms with Gasteiger partial charge in [-0.2, -0.15) is 0 Å². The molecule has 6 heteroatoms. The van der Waals surface area contributed by atoms with Crippen LogP contribution in [0.2, 0.25) is 5.02 Å². The Kier molecular flexibility index (Phi) is 4.70. The van der Waals surface area contributed by atoms with Crippen LogP contribution in [0.25, 0.3) is 10.9 Å². The van der Waals surface area contributed by atoms with Gasteiger partial charge in [0.05, 0.1) is 14.2 Å². The van der Waals surface area contributed by atoms with E-state index in [2.05, 4.69) is 0 Å². The summed E-state index contributed by atoms with van der Waals surface area (Å²) >= 11 is 6.23. The molecule has 0 bridgehead atoms. The Morgan fingerprint density at radius 3 is 2.59 bits per heavy atom. The number of hydrogen-bond acceptors (Lipinski definition) is 3. The Bertz CT molecular complexity index is 1010. The van der Waals surface area contributed by atoms with Crippen LogP contribution in [-0.2, 0) is 24.3 Å². The molecule has 0 aliphatic carbocycles. The van der Waals surface area contributed by atoms with Crippen molar-refractivity contribution in [1.29, 1.82) is 0 Å². The molecule has 2 heterocycles. The molecule has 0 saturated carbocycles. The van der Waals surface area contributed by atoms with Crippen molar-refractivity contribution in [3.63, 3.8) is 0 Å². The number of halogens is 1. The molecule has 1 aliphatic rings. The molecule has 0 radical (unpaired) electrons. The number of carbonyl (C=O) groups excluding carboxylic acids is 1. The average molecular weight is 385 g/mol. The highest BCUT2D eigenvalue weighted by Gasteiger charge is 2.23. The van der Waals surface area contributed by atoms with Crippen molar-refractivity contribution in [3.8, 4) is 11.5 Å². The molecular weight excluding hydrogens is 364 g/mol. The van der Waals surface area contributed by atoms with E-state index in [9.17, 15) is 4.79 Å². The number of amides is 1. The smallest absolute Gasteiger partial charge is 0.242 e. The highest BCUT2D eigenvalue weighted by Crippen LogP contribution is 2.33. The molecule has 1 aromatic heterocycles. The van der Waals surface area contributed by atoms with Crippen LogP contribution >= 0.6 is 11.6 Å². The maximum absolute atomic E-state index is 12.9. The molecule has 1 amide bonds. The largest absolute Gasteiger partial charge is 0.493 e. The molecule has 0 spiro atoms. The zero-order valence-electron chi connectivity index (χ0n) is 15.4. The first-order valence-electron chi connectivity index (χ1n) is 8.85. The summed E-state index contributed by atoms with van der Waals surface area (Å²) in [6.45, 7) is 1.57. The van der Waals surface area contributed by atoms with Crippen LogP contribution in [0.15, 0.2) is 42.6 Å². The Labute approximate surface area is 163 Å². The molecule has 0 atom stereocenters. The number of methoxy groups -OCH3 is 2. The third-order valence-corrected chi connectivity index (χ3v) is 5.47. The Hall–Kier alpha value is -2.66. The van der Waals surface area contributed by atoms with Crippen molar-refractivity contribution < 1.29 is 14.3 Å². The van der Waals surface area contributed by atoms with Gasteiger partial charge in [-0.1, -0.05) is 17.7 Å². The van der Waals surface area contributed by atoms with Crippen LogP contribution in [0, 0.1) is 0 Å². The molecule has 4 rings (SSSR count). The van der Waals surface area contributed by atoms with E-state index in [1.807, 2.05) is 52.1 Å². The standard InChI is InChI=1S/C21H21ClN2O3/c1-26-19-10-14-6-8-24(12-15(14)11-20(19)27-2)21(25)13-23-9-7-16-17(22)4-3-5-18(16)23/h3-5,7,9-11H,6,8,12-13H2,1-2H3. The molecule has 0 saturated heterocycles. The Morgan fingerprint density at radius 2 is 1.85 bits per heavy atom. The van der Waals surface area contributed by atoms with E-state index in [0.717, 1.165) is 28.6 Å². The maximum atomic E-state index is 12.9. The van der Waals surface area contributed by atoms with Gasteiger partial charge in [0.1, 0.15) is 6.54 Å². The second-order valence-corrected chi connectivity index (χ2v) is 7.06. The molecule has 2 aromatic carbocycles. The fourth-order valence-electron chi connectivity index (χ4n) is 3.67. The van der Waals surface area contributed by atoms with Gasteiger partial charge < -0.3 is 18.9 Å². The number of carbonyl (C=O) groups is 1. The lowest BCUT2D eigenvalue weighted by Gasteiger charge is -2.30. The molecule has 3 aromatic rings. The lowest BCUT2D eigenvalue weighted by atomic mass is 9.98. The van der Waals surface area contributed by atoms with E-state index in [-0.39, 0.29) is 5.91 Å². The molecular formula is C21H21ClN2O3. The van der Waals surface area contributed by atoms with E-state index < -0.39 is 0 Å². The molecule has 0 unspecified atom stereocenters. The summed E-state index contributed by atoms with van der Waals surface area (Å²) in [5.41, 5.74) is 3.28. The van der Waals surface area contributed by atoms with Crippen molar-refractivity contribution in [2.75, 3.05) is 20.8 Å². The van der Waals surface area contributed by atoms with Gasteiger partial charge in [0.15, 0.2) is 11.5 Å². The van der Waals surface area contributed by atoms with Gasteiger partial charge in [0.25, 0.3) is 0 Å². The van der Waals surface area contributed by atoms with Crippen LogP contribution in [0.3, 0.4) is 0 Å². The number of hydrogen-bond donors (Lipinski definition) is 0. The summed E-state index contributed by atoms with van der Waals surface area (Å²) in [7, 11) is 3.26. The summed E-state index contributed by atoms with van der Waals surface area (Å²) < 4.78 is 12.7. The summed E-state index contributed by atoms with van der Waals surface area (Å²) in [5, 5.41) is 1.67. The highest BCUT2D eigenvalue weighted by atomic mass is 35.5. The predicted molar refractivity (Wildman–Crippen MR) is 106 cm³/mol. The van der Waals surface area contributed by atoms with E-state index >= 15 is 0 Å². The maximum Gasteiger partial charge on any atom is 0.242 e. The minimum absolute atomic E-state index is 0.0907. The summed E-state index contributed by atoms with van der Waals surface area (Å²) in [4.78, 5) is 14.8. The highest BCUT2D eigenvalue weighted by molar-refractivity contribution is 6.35. The minimum Gasteiger partial charge on any atom is -0.493 e. The van der Waals surface area contributed by atoms with Crippen molar-refractivity contribution in [2.45, 2.75) is 19.5 Å². The molecule has 0 N–H and O–H groups in total. The average Bonchev–Trinajstić information content (AvgIpc) is 3.10. The number of nitrogens with zero attached hydrogens (tertiary/aromatic N) is 2. The SMILES string of the molecule is COc1cc2c(cc1OC)CN(C(=O)Cn1ccc3c(Cl)cccc31)CC2. The molecule has 0 fully saturated rings. The van der Waals surface area contributed by atoms with Crippen molar-refractivity contribution in [2.24, 2.45) is 0 Å². The fraction of sp³-hybridized carbons (Fsp3) is 0.286. The van der Waals surface area contributed by atoms with E-state index in [4.69, 9.17) is 21.1 Å². The normalized spacial score (nSPS) is 13.5. The number of fused-ring (bicyclic) bond motifs is 2. The second-order valence-electron chi connectivity index (χ2n) is 6.66. The van der Waals surface area contributed by atoms with E-state index in [1.54, 1.807) is 14.2 Å². The zero-order valence-corrected chi connectivity index (χ0v) is 16.1. The van der Waals surface area contributed by atoms with Gasteiger partial charge >= 0.3 is 0 Å². The van der Waals surface area contributed by atoms with Crippen LogP contribution in [-0.4, -0.2) is 36.1 Å². The van der Waals surface area contributed by atoms with Gasteiger partial charge in [-0.05, 0) is 47.9 Å². The predicted octanol–water partition coefficient (Wildman–Crippen LogP) is 3.90. The van der Waals surface area contributed by atoms with Crippen LogP contribution in [0.5, 0.6) is 11.5 Å². The first-order valence-corrected chi connectivity index (χ1v) is 9.23. The van der Waals surface area contributed by atoms with Gasteiger partial charge in [-0.3, -0.25) is 4.79 Å². The van der Waals surface area contributed by atoms with Crippen LogP contribution in [0.4, 0.5) is 0 Å². The Morgan fingerprint density at radius 1 is 1.11 bits per heavy atom. The lowest BCUT2D eigenvalue weighted by Crippen LogP contribution is -2.37. The quantitative estimate of drug-likeness (QED) is 0.685. The first kappa shape index (κ1) is 17.7. The Balaban J connectivity index is 1.54. The number of ether oxygens (including phenoxy) is 2. The topological polar surface area (TPSA) is 43.7 Å². The molecule has 27 heavy (non-hydrogen) atoms. The molecule has 5 nitrogen and oxygen atoms in total. The number of rotatable bonds is 4. The molecule has 1 aliphatic heterocycles. The summed E-state index contributed by atoms with van der Waals surface area (Å²) in [6, 6.07) is 11.7. The molecule has 140 valence electrons. The summed E-state index contributed by atoms with van der Waals surface area (Å²) in [6.07, 6.45) is 2.72. The van der Waals surface area contributed by atoms with Crippen molar-refractivity contribution in [3.05, 3.63) is 58.7 Å². The third-order valence-electron chi connectivity index (χ3n) is 5.14. The third kappa shape index (κ3) is 3.23. The fourth-order valence-corrected chi connectivity index (χ4v) is 3.90. The lowest BCUT2D eigenvalue weighted by molar-refractivity contribution is -0.132. The number of benzene rings is 2. The van der Waals surface area contributed by atoms with Crippen LogP contribution in [0.1, 0.15) is 11.1 Å². The van der Waals surface area contributed by atoms with Gasteiger partial charge in [-0.25, -0.2) is 0 Å². The zero-order chi connectivity index (χ0) is 19.0. The van der Waals surface area contributed by atoms with Gasteiger partial charge in [0.2, 0.25) is 5.91 Å². The van der Waals surface area contributed by atoms with Gasteiger partial charge in [0, 0.05) is 35.2 Å². The second kappa shape index (κ2) is 7.16. The minimum atomic E-state index is 0.0907. The number of aromatic nitrogens is 1. The van der Waals surface area contributed by atoms with E-state index in [0.29, 0.717) is 30.4 Å².